The number of hydrogen-bond donors (Lipinski definition) is 2. The Kier molecular flexibility index (Phi) is 11.5. The number of aromatic hydroxyl groups is 1. The molecule has 2 aromatic carbocycles. The van der Waals surface area contributed by atoms with E-state index in [1.54, 1.807) is 40.1 Å². The van der Waals surface area contributed by atoms with E-state index in [1.165, 1.54) is 0 Å². The lowest BCUT2D eigenvalue weighted by molar-refractivity contribution is -0.142. The first-order chi connectivity index (χ1) is 24.4. The van der Waals surface area contributed by atoms with Gasteiger partial charge in [0.1, 0.15) is 13.6 Å². The van der Waals surface area contributed by atoms with E-state index in [4.69, 9.17) is 12.6 Å². The van der Waals surface area contributed by atoms with Crippen LogP contribution in [0.1, 0.15) is 62.1 Å². The van der Waals surface area contributed by atoms with E-state index in [0.29, 0.717) is 81.6 Å². The number of nitrogens with zero attached hydrogens (tertiary/aromatic N) is 4. The summed E-state index contributed by atoms with van der Waals surface area (Å²) in [5.74, 6) is 0.670. The molecule has 0 aromatic heterocycles. The van der Waals surface area contributed by atoms with Crippen LogP contribution in [-0.2, 0) is 32.4 Å². The van der Waals surface area contributed by atoms with Crippen molar-refractivity contribution in [2.45, 2.75) is 77.4 Å². The number of anilines is 1. The number of nitrogens with one attached hydrogen (secondary N) is 1. The van der Waals surface area contributed by atoms with Crippen LogP contribution in [-0.4, -0.2) is 122 Å². The van der Waals surface area contributed by atoms with E-state index in [0.717, 1.165) is 43.4 Å². The van der Waals surface area contributed by atoms with Crippen LogP contribution in [0.3, 0.4) is 0 Å². The minimum absolute atomic E-state index is 0.0105. The first kappa shape index (κ1) is 37.0. The first-order valence-corrected chi connectivity index (χ1v) is 20.0. The number of benzene rings is 2. The van der Waals surface area contributed by atoms with Gasteiger partial charge in [-0.2, -0.15) is 0 Å². The first-order valence-electron chi connectivity index (χ1n) is 18.4. The van der Waals surface area contributed by atoms with Gasteiger partial charge in [0.2, 0.25) is 10.0 Å². The van der Waals surface area contributed by atoms with Crippen LogP contribution < -0.4 is 10.8 Å². The number of piperidine rings is 3. The quantitative estimate of drug-likeness (QED) is 0.399. The summed E-state index contributed by atoms with van der Waals surface area (Å²) in [6.07, 6.45) is 3.70. The Balaban J connectivity index is 1.07. The molecule has 0 aliphatic carbocycles. The van der Waals surface area contributed by atoms with E-state index in [9.17, 15) is 27.9 Å². The molecule has 0 spiro atoms. The minimum atomic E-state index is -3.18. The molecule has 4 aliphatic heterocycles. The highest BCUT2D eigenvalue weighted by Crippen LogP contribution is 2.34. The molecule has 4 amide bonds. The largest absolute Gasteiger partial charge is 0.508 e. The molecule has 3 fully saturated rings. The van der Waals surface area contributed by atoms with Crippen LogP contribution in [0.25, 0.3) is 0 Å². The van der Waals surface area contributed by atoms with Gasteiger partial charge in [0.25, 0.3) is 5.91 Å². The number of likely N-dealkylation sites (tertiary alicyclic amines) is 2. The third-order valence-electron chi connectivity index (χ3n) is 11.4. The number of carbonyl (C=O) groups excluding carboxylic acids is 3. The Morgan fingerprint density at radius 1 is 0.941 bits per heavy atom. The number of urea groups is 1. The average Bonchev–Trinajstić information content (AvgIpc) is 3.31. The van der Waals surface area contributed by atoms with Gasteiger partial charge in [-0.3, -0.25) is 4.79 Å². The number of para-hydroxylation sites is 1. The van der Waals surface area contributed by atoms with Crippen molar-refractivity contribution in [3.63, 3.8) is 0 Å². The molecule has 2 N–H and O–H groups in total. The molecule has 6 rings (SSSR count). The number of phenols is 1. The lowest BCUT2D eigenvalue weighted by Crippen LogP contribution is -2.52. The third-order valence-corrected chi connectivity index (χ3v) is 13.3. The summed E-state index contributed by atoms with van der Waals surface area (Å²) in [7, 11) is 2.87. The van der Waals surface area contributed by atoms with Gasteiger partial charge in [-0.15, -0.1) is 0 Å². The molecule has 51 heavy (non-hydrogen) atoms. The number of aryl methyl sites for hydroxylation is 1. The van der Waals surface area contributed by atoms with Crippen molar-refractivity contribution in [2.24, 2.45) is 11.8 Å². The van der Waals surface area contributed by atoms with Gasteiger partial charge in [-0.25, -0.2) is 22.3 Å². The highest BCUT2D eigenvalue weighted by molar-refractivity contribution is 7.89. The van der Waals surface area contributed by atoms with Crippen molar-refractivity contribution in [3.8, 4) is 5.75 Å². The lowest BCUT2D eigenvalue weighted by atomic mass is 9.79. The number of sulfonamides is 1. The van der Waals surface area contributed by atoms with Gasteiger partial charge in [-0.1, -0.05) is 35.8 Å². The second-order valence-corrected chi connectivity index (χ2v) is 16.7. The van der Waals surface area contributed by atoms with Crippen molar-refractivity contribution in [2.75, 3.05) is 56.9 Å². The van der Waals surface area contributed by atoms with E-state index < -0.39 is 22.2 Å². The van der Waals surface area contributed by atoms with Gasteiger partial charge in [0.15, 0.2) is 6.10 Å². The third kappa shape index (κ3) is 8.48. The fraction of sp³-hybridized carbons (Fsp3) is 0.595. The zero-order valence-electron chi connectivity index (χ0n) is 29.8. The number of fused-ring (bicyclic) bond motifs is 1. The summed E-state index contributed by atoms with van der Waals surface area (Å²) >= 11 is 0. The molecule has 0 unspecified atom stereocenters. The molecule has 1 atom stereocenters. The predicted molar refractivity (Wildman–Crippen MR) is 196 cm³/mol. The number of amides is 4. The smallest absolute Gasteiger partial charge is 0.410 e. The summed E-state index contributed by atoms with van der Waals surface area (Å²) in [6, 6.07) is 11.0. The zero-order valence-corrected chi connectivity index (χ0v) is 30.6. The number of hydrogen-bond acceptors (Lipinski definition) is 7. The molecule has 274 valence electrons. The summed E-state index contributed by atoms with van der Waals surface area (Å²) < 4.78 is 32.3. The maximum absolute atomic E-state index is 14.1. The molecule has 3 saturated heterocycles. The van der Waals surface area contributed by atoms with Gasteiger partial charge in [-0.05, 0) is 93.4 Å². The SMILES string of the molecule is [B]c1cc(C[C@@H](OC(=O)N2CCC(N3CCc4ccccc4NC3=O)CC2)C(=O)N2CCC(C3CCN(S(=O)(=O)CC)CC3)CC2)cc(C)c1O. The monoisotopic (exact) mass is 719 g/mol. The van der Waals surface area contributed by atoms with Crippen LogP contribution in [0.15, 0.2) is 36.4 Å². The standard InChI is InChI=1S/C37H50BN5O7S/c1-3-51(48,49)42-19-10-28(11-20-42)27-8-15-40(16-9-27)35(45)33(24-26-22-25(2)34(44)31(38)23-26)50-37(47)41-17-13-30(14-18-41)43-21-12-29-6-4-5-7-32(29)39-36(43)46/h4-7,22-23,27-28,30,33,44H,3,8-21,24H2,1-2H3,(H,39,46)/t33-/m1/s1. The lowest BCUT2D eigenvalue weighted by Gasteiger charge is -2.40. The molecule has 2 radical (unpaired) electrons. The van der Waals surface area contributed by atoms with Crippen molar-refractivity contribution >= 4 is 47.1 Å². The second kappa shape index (κ2) is 15.9. The summed E-state index contributed by atoms with van der Waals surface area (Å²) in [6.45, 7) is 6.97. The number of rotatable bonds is 8. The fourth-order valence-corrected chi connectivity index (χ4v) is 9.42. The van der Waals surface area contributed by atoms with Crippen LogP contribution in [0, 0.1) is 18.8 Å². The molecule has 0 saturated carbocycles. The average molecular weight is 720 g/mol. The Hall–Kier alpha value is -3.78. The van der Waals surface area contributed by atoms with Crippen molar-refractivity contribution in [3.05, 3.63) is 53.1 Å². The van der Waals surface area contributed by atoms with Gasteiger partial charge < -0.3 is 29.9 Å². The normalized spacial score (nSPS) is 20.7. The van der Waals surface area contributed by atoms with E-state index >= 15 is 0 Å². The zero-order chi connectivity index (χ0) is 36.3. The van der Waals surface area contributed by atoms with Crippen LogP contribution in [0.4, 0.5) is 15.3 Å². The maximum atomic E-state index is 14.1. The van der Waals surface area contributed by atoms with Gasteiger partial charge >= 0.3 is 12.1 Å². The summed E-state index contributed by atoms with van der Waals surface area (Å²) in [5, 5.41) is 13.3. The van der Waals surface area contributed by atoms with Crippen molar-refractivity contribution in [1.29, 1.82) is 0 Å². The fourth-order valence-electron chi connectivity index (χ4n) is 8.29. The highest BCUT2D eigenvalue weighted by atomic mass is 32.2. The minimum Gasteiger partial charge on any atom is -0.508 e. The van der Waals surface area contributed by atoms with Gasteiger partial charge in [0.05, 0.1) is 5.75 Å². The molecule has 4 heterocycles. The molecule has 12 nitrogen and oxygen atoms in total. The van der Waals surface area contributed by atoms with Gasteiger partial charge in [0, 0.05) is 64.0 Å². The maximum Gasteiger partial charge on any atom is 0.410 e. The Labute approximate surface area is 302 Å². The molecule has 2 aromatic rings. The second-order valence-electron chi connectivity index (χ2n) is 14.5. The Bertz CT molecular complexity index is 1680. The van der Waals surface area contributed by atoms with Crippen LogP contribution in [0.2, 0.25) is 0 Å². The molecule has 14 heteroatoms. The highest BCUT2D eigenvalue weighted by Gasteiger charge is 2.38. The molecule has 0 bridgehead atoms. The summed E-state index contributed by atoms with van der Waals surface area (Å²) in [5.41, 5.74) is 3.39. The Morgan fingerprint density at radius 3 is 2.22 bits per heavy atom. The summed E-state index contributed by atoms with van der Waals surface area (Å²) in [4.78, 5) is 46.1. The van der Waals surface area contributed by atoms with Crippen molar-refractivity contribution in [1.82, 2.24) is 19.0 Å². The predicted octanol–water partition coefficient (Wildman–Crippen LogP) is 3.40. The van der Waals surface area contributed by atoms with Crippen LogP contribution in [0.5, 0.6) is 5.75 Å². The molecular formula is C37H50BN5O7S. The van der Waals surface area contributed by atoms with Crippen LogP contribution >= 0.6 is 0 Å². The molecular weight excluding hydrogens is 669 g/mol. The number of ether oxygens (including phenoxy) is 1. The number of phenolic OH excluding ortho intramolecular Hbond substituents is 1. The van der Waals surface area contributed by atoms with Crippen molar-refractivity contribution < 1.29 is 32.6 Å². The number of carbonyl (C=O) groups is 3. The topological polar surface area (TPSA) is 140 Å². The van der Waals surface area contributed by atoms with E-state index in [1.807, 2.05) is 29.2 Å². The molecule has 4 aliphatic rings. The Morgan fingerprint density at radius 2 is 1.57 bits per heavy atom. The van der Waals surface area contributed by atoms with E-state index in [2.05, 4.69) is 5.32 Å². The van der Waals surface area contributed by atoms with E-state index in [-0.39, 0.29) is 41.4 Å².